The highest BCUT2D eigenvalue weighted by Gasteiger charge is 2.29. The van der Waals surface area contributed by atoms with Crippen LogP contribution in [0.3, 0.4) is 0 Å². The summed E-state index contributed by atoms with van der Waals surface area (Å²) in [5.41, 5.74) is 2.84. The number of nitrogens with one attached hydrogen (secondary N) is 1. The molecule has 0 radical (unpaired) electrons. The van der Waals surface area contributed by atoms with E-state index in [1.165, 1.54) is 22.7 Å². The van der Waals surface area contributed by atoms with E-state index in [0.717, 1.165) is 35.0 Å². The van der Waals surface area contributed by atoms with Crippen LogP contribution in [-0.2, 0) is 6.42 Å². The molecule has 0 atom stereocenters. The Morgan fingerprint density at radius 1 is 1.15 bits per heavy atom. The minimum absolute atomic E-state index is 0.138. The van der Waals surface area contributed by atoms with Gasteiger partial charge in [-0.05, 0) is 33.1 Å². The molecule has 0 bridgehead atoms. The summed E-state index contributed by atoms with van der Waals surface area (Å²) >= 11 is 2.84. The SMILES string of the molecule is CCc1nnc(NC(=O)c2csc(C3CCN(C(=O)c4nnc5cc(C)nn5c4C)CC3)n2)s1. The molecule has 1 N–H and O–H groups in total. The summed E-state index contributed by atoms with van der Waals surface area (Å²) in [5, 5.41) is 27.5. The summed E-state index contributed by atoms with van der Waals surface area (Å²) in [5.74, 6) is -0.222. The van der Waals surface area contributed by atoms with Gasteiger partial charge in [0.2, 0.25) is 5.13 Å². The van der Waals surface area contributed by atoms with Crippen LogP contribution in [0.2, 0.25) is 0 Å². The number of amides is 2. The fraction of sp³-hybridized carbons (Fsp3) is 0.429. The normalized spacial score (nSPS) is 14.6. The van der Waals surface area contributed by atoms with Gasteiger partial charge in [0.15, 0.2) is 11.3 Å². The molecule has 176 valence electrons. The van der Waals surface area contributed by atoms with E-state index >= 15 is 0 Å². The number of rotatable bonds is 5. The van der Waals surface area contributed by atoms with Crippen LogP contribution < -0.4 is 5.32 Å². The molecule has 0 aliphatic carbocycles. The van der Waals surface area contributed by atoms with Crippen molar-refractivity contribution < 1.29 is 9.59 Å². The van der Waals surface area contributed by atoms with Gasteiger partial charge in [-0.15, -0.1) is 31.7 Å². The summed E-state index contributed by atoms with van der Waals surface area (Å²) < 4.78 is 1.66. The van der Waals surface area contributed by atoms with Gasteiger partial charge in [0.1, 0.15) is 10.7 Å². The Kier molecular flexibility index (Phi) is 6.04. The van der Waals surface area contributed by atoms with Crippen molar-refractivity contribution in [2.75, 3.05) is 18.4 Å². The molecule has 4 aromatic rings. The number of hydrogen-bond donors (Lipinski definition) is 1. The lowest BCUT2D eigenvalue weighted by atomic mass is 9.97. The number of thiazole rings is 1. The van der Waals surface area contributed by atoms with Crippen LogP contribution in [0.4, 0.5) is 5.13 Å². The van der Waals surface area contributed by atoms with Gasteiger partial charge in [0, 0.05) is 30.5 Å². The number of aryl methyl sites for hydroxylation is 3. The second kappa shape index (κ2) is 9.14. The molecule has 34 heavy (non-hydrogen) atoms. The fourth-order valence-electron chi connectivity index (χ4n) is 3.94. The Morgan fingerprint density at radius 2 is 1.94 bits per heavy atom. The van der Waals surface area contributed by atoms with Crippen molar-refractivity contribution in [1.82, 2.24) is 39.9 Å². The van der Waals surface area contributed by atoms with Gasteiger partial charge in [-0.25, -0.2) is 9.50 Å². The number of likely N-dealkylation sites (tertiary alicyclic amines) is 1. The smallest absolute Gasteiger partial charge is 0.276 e. The Balaban J connectivity index is 1.22. The monoisotopic (exact) mass is 497 g/mol. The maximum Gasteiger partial charge on any atom is 0.276 e. The standard InChI is InChI=1S/C21H23N9O2S2/c1-4-16-25-27-21(34-16)23-18(31)14-10-33-19(22-14)13-5-7-29(8-6-13)20(32)17-12(3)30-15(24-26-17)9-11(2)28-30/h9-10,13H,4-8H2,1-3H3,(H,23,27,31). The number of aromatic nitrogens is 7. The molecule has 1 fully saturated rings. The van der Waals surface area contributed by atoms with Crippen LogP contribution in [0.15, 0.2) is 11.4 Å². The summed E-state index contributed by atoms with van der Waals surface area (Å²) in [6.07, 6.45) is 2.32. The maximum absolute atomic E-state index is 13.1. The second-order valence-electron chi connectivity index (χ2n) is 8.14. The van der Waals surface area contributed by atoms with Crippen LogP contribution in [0, 0.1) is 13.8 Å². The third-order valence-corrected chi connectivity index (χ3v) is 7.79. The van der Waals surface area contributed by atoms with Crippen LogP contribution in [0.25, 0.3) is 5.65 Å². The first-order valence-electron chi connectivity index (χ1n) is 11.0. The van der Waals surface area contributed by atoms with Gasteiger partial charge >= 0.3 is 0 Å². The lowest BCUT2D eigenvalue weighted by molar-refractivity contribution is 0.0704. The van der Waals surface area contributed by atoms with Crippen LogP contribution in [0.1, 0.15) is 68.1 Å². The van der Waals surface area contributed by atoms with E-state index in [-0.39, 0.29) is 17.7 Å². The minimum Gasteiger partial charge on any atom is -0.337 e. The number of nitrogens with zero attached hydrogens (tertiary/aromatic N) is 8. The quantitative estimate of drug-likeness (QED) is 0.445. The first kappa shape index (κ1) is 22.5. The highest BCUT2D eigenvalue weighted by molar-refractivity contribution is 7.15. The Labute approximate surface area is 203 Å². The molecule has 0 unspecified atom stereocenters. The molecule has 0 aromatic carbocycles. The molecular weight excluding hydrogens is 474 g/mol. The zero-order valence-corrected chi connectivity index (χ0v) is 20.6. The van der Waals surface area contributed by atoms with Crippen LogP contribution in [0.5, 0.6) is 0 Å². The summed E-state index contributed by atoms with van der Waals surface area (Å²) in [4.78, 5) is 32.0. The molecule has 0 spiro atoms. The Morgan fingerprint density at radius 3 is 2.68 bits per heavy atom. The molecule has 11 nitrogen and oxygen atoms in total. The lowest BCUT2D eigenvalue weighted by Crippen LogP contribution is -2.39. The number of piperidine rings is 1. The van der Waals surface area contributed by atoms with Gasteiger partial charge in [-0.2, -0.15) is 5.10 Å². The Hall–Kier alpha value is -3.32. The van der Waals surface area contributed by atoms with E-state index in [0.29, 0.717) is 41.0 Å². The van der Waals surface area contributed by atoms with Gasteiger partial charge in [-0.1, -0.05) is 18.3 Å². The molecular formula is C21H23N9O2S2. The van der Waals surface area contributed by atoms with Crippen LogP contribution >= 0.6 is 22.7 Å². The zero-order valence-electron chi connectivity index (χ0n) is 19.0. The van der Waals surface area contributed by atoms with Crippen molar-refractivity contribution in [3.05, 3.63) is 44.2 Å². The maximum atomic E-state index is 13.1. The average Bonchev–Trinajstić information content (AvgIpc) is 3.58. The summed E-state index contributed by atoms with van der Waals surface area (Å²) in [6.45, 7) is 6.89. The molecule has 5 rings (SSSR count). The highest BCUT2D eigenvalue weighted by atomic mass is 32.1. The zero-order chi connectivity index (χ0) is 23.8. The molecule has 4 aromatic heterocycles. The molecule has 0 saturated carbocycles. The number of fused-ring (bicyclic) bond motifs is 1. The van der Waals surface area contributed by atoms with E-state index in [1.54, 1.807) is 14.8 Å². The predicted octanol–water partition coefficient (Wildman–Crippen LogP) is 2.88. The van der Waals surface area contributed by atoms with Crippen molar-refractivity contribution in [2.45, 2.75) is 46.0 Å². The number of hydrogen-bond acceptors (Lipinski definition) is 10. The van der Waals surface area contributed by atoms with Crippen molar-refractivity contribution in [1.29, 1.82) is 0 Å². The van der Waals surface area contributed by atoms with E-state index in [2.05, 4.69) is 35.8 Å². The topological polar surface area (TPSA) is 131 Å². The van der Waals surface area contributed by atoms with E-state index in [4.69, 9.17) is 0 Å². The van der Waals surface area contributed by atoms with Gasteiger partial charge < -0.3 is 4.90 Å². The van der Waals surface area contributed by atoms with Gasteiger partial charge in [0.05, 0.1) is 16.4 Å². The third-order valence-electron chi connectivity index (χ3n) is 5.80. The third kappa shape index (κ3) is 4.28. The number of anilines is 1. The summed E-state index contributed by atoms with van der Waals surface area (Å²) in [6, 6.07) is 1.83. The van der Waals surface area contributed by atoms with Crippen molar-refractivity contribution >= 4 is 45.3 Å². The molecule has 1 aliphatic heterocycles. The first-order valence-corrected chi connectivity index (χ1v) is 12.7. The number of carbonyl (C=O) groups is 2. The highest BCUT2D eigenvalue weighted by Crippen LogP contribution is 2.31. The second-order valence-corrected chi connectivity index (χ2v) is 10.1. The molecule has 13 heteroatoms. The predicted molar refractivity (Wildman–Crippen MR) is 127 cm³/mol. The average molecular weight is 498 g/mol. The van der Waals surface area contributed by atoms with Crippen molar-refractivity contribution in [3.8, 4) is 0 Å². The molecule has 2 amide bonds. The van der Waals surface area contributed by atoms with Crippen LogP contribution in [-0.4, -0.2) is 64.8 Å². The summed E-state index contributed by atoms with van der Waals surface area (Å²) in [7, 11) is 0. The van der Waals surface area contributed by atoms with E-state index < -0.39 is 0 Å². The minimum atomic E-state index is -0.285. The van der Waals surface area contributed by atoms with E-state index in [9.17, 15) is 9.59 Å². The lowest BCUT2D eigenvalue weighted by Gasteiger charge is -2.31. The van der Waals surface area contributed by atoms with Gasteiger partial charge in [0.25, 0.3) is 11.8 Å². The van der Waals surface area contributed by atoms with E-state index in [1.807, 2.05) is 26.8 Å². The number of carbonyl (C=O) groups excluding carboxylic acids is 2. The largest absolute Gasteiger partial charge is 0.337 e. The molecule has 1 aliphatic rings. The van der Waals surface area contributed by atoms with Gasteiger partial charge in [-0.3, -0.25) is 14.9 Å². The Bertz CT molecular complexity index is 1370. The van der Waals surface area contributed by atoms with Crippen molar-refractivity contribution in [3.63, 3.8) is 0 Å². The van der Waals surface area contributed by atoms with Crippen molar-refractivity contribution in [2.24, 2.45) is 0 Å². The molecule has 1 saturated heterocycles. The first-order chi connectivity index (χ1) is 16.4. The fourth-order valence-corrected chi connectivity index (χ4v) is 5.59. The molecule has 5 heterocycles.